The first-order chi connectivity index (χ1) is 7.27. The highest BCUT2D eigenvalue weighted by Gasteiger charge is 2.13. The van der Waals surface area contributed by atoms with Crippen LogP contribution in [0.25, 0.3) is 0 Å². The molecular formula is C11H14IN3. The van der Waals surface area contributed by atoms with Gasteiger partial charge in [0.2, 0.25) is 0 Å². The number of nitrogens with one attached hydrogen (secondary N) is 2. The van der Waals surface area contributed by atoms with Crippen molar-refractivity contribution in [2.45, 2.75) is 13.0 Å². The first-order valence-corrected chi connectivity index (χ1v) is 6.14. The lowest BCUT2D eigenvalue weighted by Crippen LogP contribution is -2.34. The van der Waals surface area contributed by atoms with E-state index < -0.39 is 0 Å². The van der Waals surface area contributed by atoms with Crippen LogP contribution in [-0.2, 0) is 0 Å². The third-order valence-electron chi connectivity index (χ3n) is 2.36. The van der Waals surface area contributed by atoms with E-state index in [4.69, 9.17) is 0 Å². The number of anilines is 1. The maximum Gasteiger partial charge on any atom is 0.119 e. The molecule has 0 radical (unpaired) electrons. The third-order valence-corrected chi connectivity index (χ3v) is 3.30. The van der Waals surface area contributed by atoms with Gasteiger partial charge < -0.3 is 10.6 Å². The van der Waals surface area contributed by atoms with Gasteiger partial charge in [0.1, 0.15) is 5.84 Å². The third kappa shape index (κ3) is 2.62. The van der Waals surface area contributed by atoms with Gasteiger partial charge >= 0.3 is 0 Å². The Bertz CT molecular complexity index is 376. The van der Waals surface area contributed by atoms with Crippen molar-refractivity contribution in [2.24, 2.45) is 4.99 Å². The Morgan fingerprint density at radius 1 is 1.47 bits per heavy atom. The maximum atomic E-state index is 4.40. The molecule has 1 heterocycles. The smallest absolute Gasteiger partial charge is 0.119 e. The molecule has 0 aromatic heterocycles. The van der Waals surface area contributed by atoms with Crippen molar-refractivity contribution in [1.82, 2.24) is 5.32 Å². The molecule has 1 atom stereocenters. The van der Waals surface area contributed by atoms with Gasteiger partial charge in [0.05, 0.1) is 12.6 Å². The zero-order valence-corrected chi connectivity index (χ0v) is 10.8. The molecule has 0 fully saturated rings. The largest absolute Gasteiger partial charge is 0.375 e. The van der Waals surface area contributed by atoms with E-state index in [2.05, 4.69) is 57.3 Å². The van der Waals surface area contributed by atoms with Gasteiger partial charge in [-0.2, -0.15) is 0 Å². The molecule has 1 aromatic carbocycles. The van der Waals surface area contributed by atoms with Gasteiger partial charge in [0.25, 0.3) is 0 Å². The number of halogens is 1. The van der Waals surface area contributed by atoms with Crippen molar-refractivity contribution in [1.29, 1.82) is 0 Å². The molecule has 1 aromatic rings. The molecule has 0 saturated heterocycles. The van der Waals surface area contributed by atoms with Gasteiger partial charge in [-0.3, -0.25) is 4.99 Å². The summed E-state index contributed by atoms with van der Waals surface area (Å²) >= 11 is 2.33. The van der Waals surface area contributed by atoms with Crippen molar-refractivity contribution >= 4 is 34.1 Å². The van der Waals surface area contributed by atoms with Crippen LogP contribution in [-0.4, -0.2) is 25.0 Å². The van der Waals surface area contributed by atoms with Crippen LogP contribution in [0.3, 0.4) is 0 Å². The molecule has 80 valence electrons. The molecule has 0 bridgehead atoms. The first kappa shape index (κ1) is 10.7. The highest BCUT2D eigenvalue weighted by Crippen LogP contribution is 2.18. The lowest BCUT2D eigenvalue weighted by Gasteiger charge is -2.16. The second-order valence-corrected chi connectivity index (χ2v) is 4.70. The van der Waals surface area contributed by atoms with Gasteiger partial charge in [0, 0.05) is 15.8 Å². The Morgan fingerprint density at radius 2 is 2.27 bits per heavy atom. The molecule has 1 aliphatic rings. The Hall–Kier alpha value is -0.780. The van der Waals surface area contributed by atoms with E-state index in [0.717, 1.165) is 18.9 Å². The molecule has 0 amide bonds. The minimum atomic E-state index is 0.253. The number of benzene rings is 1. The molecular weight excluding hydrogens is 301 g/mol. The van der Waals surface area contributed by atoms with Crippen LogP contribution in [0, 0.1) is 3.57 Å². The molecule has 1 unspecified atom stereocenters. The monoisotopic (exact) mass is 315 g/mol. The summed E-state index contributed by atoms with van der Waals surface area (Å²) in [5, 5.41) is 6.73. The second-order valence-electron chi connectivity index (χ2n) is 3.54. The Balaban J connectivity index is 2.05. The first-order valence-electron chi connectivity index (χ1n) is 5.06. The average molecular weight is 315 g/mol. The minimum absolute atomic E-state index is 0.253. The summed E-state index contributed by atoms with van der Waals surface area (Å²) in [6.45, 7) is 3.99. The van der Waals surface area contributed by atoms with Crippen molar-refractivity contribution in [3.05, 3.63) is 27.8 Å². The predicted octanol–water partition coefficient (Wildman–Crippen LogP) is 2.09. The molecule has 15 heavy (non-hydrogen) atoms. The highest BCUT2D eigenvalue weighted by molar-refractivity contribution is 14.1. The zero-order valence-electron chi connectivity index (χ0n) is 8.63. The van der Waals surface area contributed by atoms with Crippen molar-refractivity contribution in [3.63, 3.8) is 0 Å². The summed E-state index contributed by atoms with van der Waals surface area (Å²) in [7, 11) is 0. The Kier molecular flexibility index (Phi) is 3.45. The van der Waals surface area contributed by atoms with E-state index in [1.165, 1.54) is 9.26 Å². The van der Waals surface area contributed by atoms with E-state index in [-0.39, 0.29) is 6.04 Å². The number of aliphatic imine (C=N–C) groups is 1. The quantitative estimate of drug-likeness (QED) is 0.838. The van der Waals surface area contributed by atoms with E-state index >= 15 is 0 Å². The van der Waals surface area contributed by atoms with Gasteiger partial charge in [-0.1, -0.05) is 12.1 Å². The van der Waals surface area contributed by atoms with E-state index in [1.807, 2.05) is 12.1 Å². The molecule has 0 saturated carbocycles. The van der Waals surface area contributed by atoms with Crippen LogP contribution in [0.1, 0.15) is 6.92 Å². The zero-order chi connectivity index (χ0) is 10.7. The highest BCUT2D eigenvalue weighted by atomic mass is 127. The fourth-order valence-corrected chi connectivity index (χ4v) is 2.13. The lowest BCUT2D eigenvalue weighted by molar-refractivity contribution is 0.928. The predicted molar refractivity (Wildman–Crippen MR) is 72.5 cm³/mol. The average Bonchev–Trinajstić information content (AvgIpc) is 2.74. The maximum absolute atomic E-state index is 4.40. The minimum Gasteiger partial charge on any atom is -0.375 e. The molecule has 0 spiro atoms. The van der Waals surface area contributed by atoms with Crippen LogP contribution in [0.2, 0.25) is 0 Å². The SMILES string of the molecule is CC(Nc1ccccc1I)C1=NCCN1. The van der Waals surface area contributed by atoms with Crippen LogP contribution in [0.5, 0.6) is 0 Å². The van der Waals surface area contributed by atoms with Crippen LogP contribution < -0.4 is 10.6 Å². The van der Waals surface area contributed by atoms with Gasteiger partial charge in [-0.05, 0) is 41.6 Å². The fourth-order valence-electron chi connectivity index (χ4n) is 1.59. The van der Waals surface area contributed by atoms with Crippen molar-refractivity contribution in [2.75, 3.05) is 18.4 Å². The summed E-state index contributed by atoms with van der Waals surface area (Å²) in [6, 6.07) is 8.53. The normalized spacial score (nSPS) is 16.8. The molecule has 4 heteroatoms. The fraction of sp³-hybridized carbons (Fsp3) is 0.364. The Morgan fingerprint density at radius 3 is 2.93 bits per heavy atom. The second kappa shape index (κ2) is 4.83. The Labute approximate surface area is 104 Å². The van der Waals surface area contributed by atoms with E-state index in [0.29, 0.717) is 0 Å². The molecule has 1 aliphatic heterocycles. The van der Waals surface area contributed by atoms with Crippen LogP contribution >= 0.6 is 22.6 Å². The van der Waals surface area contributed by atoms with Crippen molar-refractivity contribution < 1.29 is 0 Å². The van der Waals surface area contributed by atoms with E-state index in [1.54, 1.807) is 0 Å². The summed E-state index contributed by atoms with van der Waals surface area (Å²) < 4.78 is 1.24. The molecule has 2 rings (SSSR count). The topological polar surface area (TPSA) is 36.4 Å². The molecule has 2 N–H and O–H groups in total. The molecule has 0 aliphatic carbocycles. The number of para-hydroxylation sites is 1. The van der Waals surface area contributed by atoms with Crippen LogP contribution in [0.4, 0.5) is 5.69 Å². The summed E-state index contributed by atoms with van der Waals surface area (Å²) in [5.74, 6) is 1.06. The number of hydrogen-bond acceptors (Lipinski definition) is 3. The standard InChI is InChI=1S/C11H14IN3/c1-8(11-13-6-7-14-11)15-10-5-3-2-4-9(10)12/h2-5,8,15H,6-7H2,1H3,(H,13,14). The summed E-state index contributed by atoms with van der Waals surface area (Å²) in [4.78, 5) is 4.40. The van der Waals surface area contributed by atoms with E-state index in [9.17, 15) is 0 Å². The molecule has 3 nitrogen and oxygen atoms in total. The lowest BCUT2D eigenvalue weighted by atomic mass is 10.2. The van der Waals surface area contributed by atoms with Gasteiger partial charge in [0.15, 0.2) is 0 Å². The summed E-state index contributed by atoms with van der Waals surface area (Å²) in [6.07, 6.45) is 0. The number of amidine groups is 1. The van der Waals surface area contributed by atoms with Crippen molar-refractivity contribution in [3.8, 4) is 0 Å². The number of nitrogens with zero attached hydrogens (tertiary/aromatic N) is 1. The van der Waals surface area contributed by atoms with Crippen LogP contribution in [0.15, 0.2) is 29.3 Å². The number of rotatable bonds is 3. The summed E-state index contributed by atoms with van der Waals surface area (Å²) in [5.41, 5.74) is 1.17. The van der Waals surface area contributed by atoms with Gasteiger partial charge in [-0.15, -0.1) is 0 Å². The number of hydrogen-bond donors (Lipinski definition) is 2. The van der Waals surface area contributed by atoms with Gasteiger partial charge in [-0.25, -0.2) is 0 Å².